The first-order valence-electron chi connectivity index (χ1n) is 6.77. The number of carbonyl (C=O) groups excluding carboxylic acids is 1. The van der Waals surface area contributed by atoms with Crippen molar-refractivity contribution in [2.75, 3.05) is 26.4 Å². The summed E-state index contributed by atoms with van der Waals surface area (Å²) in [6.45, 7) is 5.84. The summed E-state index contributed by atoms with van der Waals surface area (Å²) in [5.74, 6) is 0.612. The molecule has 1 aromatic rings. The van der Waals surface area contributed by atoms with Crippen LogP contribution in [0.2, 0.25) is 0 Å². The maximum absolute atomic E-state index is 11.8. The van der Waals surface area contributed by atoms with Crippen LogP contribution in [0.5, 0.6) is 5.75 Å². The molecular formula is C15H19BrO4. The molecule has 1 fully saturated rings. The largest absolute Gasteiger partial charge is 0.494 e. The summed E-state index contributed by atoms with van der Waals surface area (Å²) in [4.78, 5) is 11.8. The van der Waals surface area contributed by atoms with E-state index in [0.29, 0.717) is 32.8 Å². The maximum Gasteiger partial charge on any atom is 0.306 e. The monoisotopic (exact) mass is 342 g/mol. The molecule has 1 aliphatic rings. The van der Waals surface area contributed by atoms with E-state index in [1.54, 1.807) is 0 Å². The average molecular weight is 343 g/mol. The Kier molecular flexibility index (Phi) is 5.05. The molecule has 1 saturated heterocycles. The highest BCUT2D eigenvalue weighted by Gasteiger charge is 2.43. The van der Waals surface area contributed by atoms with E-state index in [4.69, 9.17) is 14.2 Å². The van der Waals surface area contributed by atoms with Gasteiger partial charge in [0.05, 0.1) is 38.3 Å². The lowest BCUT2D eigenvalue weighted by Gasteiger charge is -2.41. The Bertz CT molecular complexity index is 483. The number of ether oxygens (including phenoxy) is 3. The van der Waals surface area contributed by atoms with Crippen molar-refractivity contribution in [3.05, 3.63) is 28.2 Å². The van der Waals surface area contributed by atoms with E-state index in [9.17, 15) is 4.79 Å². The lowest BCUT2D eigenvalue weighted by Crippen LogP contribution is -2.48. The van der Waals surface area contributed by atoms with Crippen molar-refractivity contribution >= 4 is 21.9 Å². The van der Waals surface area contributed by atoms with Crippen molar-refractivity contribution in [1.82, 2.24) is 0 Å². The third-order valence-electron chi connectivity index (χ3n) is 3.34. The fourth-order valence-corrected chi connectivity index (χ4v) is 2.80. The third kappa shape index (κ3) is 3.33. The van der Waals surface area contributed by atoms with Gasteiger partial charge in [0.25, 0.3) is 0 Å². The Labute approximate surface area is 127 Å². The highest BCUT2D eigenvalue weighted by molar-refractivity contribution is 9.10. The smallest absolute Gasteiger partial charge is 0.306 e. The number of hydrogen-bond donors (Lipinski definition) is 0. The van der Waals surface area contributed by atoms with Crippen LogP contribution in [0.3, 0.4) is 0 Å². The lowest BCUT2D eigenvalue weighted by atomic mass is 9.76. The lowest BCUT2D eigenvalue weighted by molar-refractivity contribution is -0.151. The van der Waals surface area contributed by atoms with Gasteiger partial charge in [-0.05, 0) is 37.6 Å². The van der Waals surface area contributed by atoms with Gasteiger partial charge in [-0.15, -0.1) is 0 Å². The molecule has 5 heteroatoms. The van der Waals surface area contributed by atoms with Crippen molar-refractivity contribution in [2.45, 2.75) is 25.7 Å². The van der Waals surface area contributed by atoms with E-state index in [2.05, 4.69) is 15.9 Å². The molecule has 0 bridgehead atoms. The fraction of sp³-hybridized carbons (Fsp3) is 0.533. The second kappa shape index (κ2) is 6.59. The molecule has 2 rings (SSSR count). The molecule has 0 aromatic heterocycles. The van der Waals surface area contributed by atoms with Gasteiger partial charge in [0.1, 0.15) is 5.75 Å². The summed E-state index contributed by atoms with van der Waals surface area (Å²) in [5.41, 5.74) is 0.761. The SMILES string of the molecule is CCOC(=O)CC1(c2cc(Br)cc(OCC)c2)COC1. The molecule has 0 aliphatic carbocycles. The van der Waals surface area contributed by atoms with E-state index < -0.39 is 0 Å². The molecule has 0 spiro atoms. The van der Waals surface area contributed by atoms with Crippen LogP contribution in [0, 0.1) is 0 Å². The second-order valence-electron chi connectivity index (χ2n) is 4.86. The molecular weight excluding hydrogens is 324 g/mol. The van der Waals surface area contributed by atoms with Crippen molar-refractivity contribution < 1.29 is 19.0 Å². The number of halogens is 1. The van der Waals surface area contributed by atoms with Gasteiger partial charge >= 0.3 is 5.97 Å². The van der Waals surface area contributed by atoms with Crippen LogP contribution in [0.4, 0.5) is 0 Å². The zero-order valence-electron chi connectivity index (χ0n) is 11.8. The van der Waals surface area contributed by atoms with E-state index in [1.165, 1.54) is 0 Å². The number of esters is 1. The Morgan fingerprint density at radius 2 is 2.05 bits per heavy atom. The maximum atomic E-state index is 11.8. The summed E-state index contributed by atoms with van der Waals surface area (Å²) < 4.78 is 16.9. The van der Waals surface area contributed by atoms with Gasteiger partial charge in [-0.1, -0.05) is 15.9 Å². The topological polar surface area (TPSA) is 44.8 Å². The van der Waals surface area contributed by atoms with Crippen molar-refractivity contribution in [2.24, 2.45) is 0 Å². The van der Waals surface area contributed by atoms with Gasteiger partial charge in [-0.25, -0.2) is 0 Å². The summed E-state index contributed by atoms with van der Waals surface area (Å²) in [6, 6.07) is 5.92. The standard InChI is InChI=1S/C15H19BrO4/c1-3-19-13-6-11(5-12(16)7-13)15(9-18-10-15)8-14(17)20-4-2/h5-7H,3-4,8-10H2,1-2H3. The highest BCUT2D eigenvalue weighted by Crippen LogP contribution is 2.39. The van der Waals surface area contributed by atoms with Crippen molar-refractivity contribution in [1.29, 1.82) is 0 Å². The van der Waals surface area contributed by atoms with Crippen LogP contribution in [0.15, 0.2) is 22.7 Å². The molecule has 1 heterocycles. The molecule has 0 atom stereocenters. The van der Waals surface area contributed by atoms with Crippen molar-refractivity contribution in [3.8, 4) is 5.75 Å². The molecule has 1 aromatic carbocycles. The molecule has 0 amide bonds. The number of hydrogen-bond acceptors (Lipinski definition) is 4. The molecule has 0 radical (unpaired) electrons. The zero-order chi connectivity index (χ0) is 14.6. The van der Waals surface area contributed by atoms with Crippen LogP contribution < -0.4 is 4.74 Å². The Morgan fingerprint density at radius 1 is 1.30 bits per heavy atom. The Balaban J connectivity index is 2.24. The van der Waals surface area contributed by atoms with E-state index in [-0.39, 0.29) is 11.4 Å². The van der Waals surface area contributed by atoms with Crippen LogP contribution >= 0.6 is 15.9 Å². The molecule has 110 valence electrons. The normalized spacial score (nSPS) is 16.4. The third-order valence-corrected chi connectivity index (χ3v) is 3.80. The fourth-order valence-electron chi connectivity index (χ4n) is 2.33. The minimum Gasteiger partial charge on any atom is -0.494 e. The quantitative estimate of drug-likeness (QED) is 0.745. The zero-order valence-corrected chi connectivity index (χ0v) is 13.4. The predicted molar refractivity (Wildman–Crippen MR) is 79.1 cm³/mol. The van der Waals surface area contributed by atoms with Gasteiger partial charge in [0.15, 0.2) is 0 Å². The van der Waals surface area contributed by atoms with E-state index in [0.717, 1.165) is 15.8 Å². The van der Waals surface area contributed by atoms with E-state index in [1.807, 2.05) is 32.0 Å². The minimum atomic E-state index is -0.290. The summed E-state index contributed by atoms with van der Waals surface area (Å²) in [5, 5.41) is 0. The summed E-state index contributed by atoms with van der Waals surface area (Å²) in [6.07, 6.45) is 0.336. The molecule has 0 unspecified atom stereocenters. The van der Waals surface area contributed by atoms with Crippen LogP contribution in [0.25, 0.3) is 0 Å². The summed E-state index contributed by atoms with van der Waals surface area (Å²) >= 11 is 3.49. The van der Waals surface area contributed by atoms with Gasteiger partial charge in [-0.3, -0.25) is 4.79 Å². The number of benzene rings is 1. The van der Waals surface area contributed by atoms with Gasteiger partial charge < -0.3 is 14.2 Å². The number of rotatable bonds is 6. The second-order valence-corrected chi connectivity index (χ2v) is 5.78. The molecule has 4 nitrogen and oxygen atoms in total. The number of carbonyl (C=O) groups is 1. The first-order valence-corrected chi connectivity index (χ1v) is 7.56. The van der Waals surface area contributed by atoms with E-state index >= 15 is 0 Å². The van der Waals surface area contributed by atoms with Gasteiger partial charge in [0, 0.05) is 4.47 Å². The highest BCUT2D eigenvalue weighted by atomic mass is 79.9. The first-order chi connectivity index (χ1) is 9.59. The first kappa shape index (κ1) is 15.3. The van der Waals surface area contributed by atoms with Crippen LogP contribution in [-0.4, -0.2) is 32.4 Å². The van der Waals surface area contributed by atoms with Crippen LogP contribution in [-0.2, 0) is 19.7 Å². The Hall–Kier alpha value is -1.07. The average Bonchev–Trinajstić information content (AvgIpc) is 2.34. The molecule has 20 heavy (non-hydrogen) atoms. The summed E-state index contributed by atoms with van der Waals surface area (Å²) in [7, 11) is 0. The van der Waals surface area contributed by atoms with Crippen molar-refractivity contribution in [3.63, 3.8) is 0 Å². The molecule has 0 saturated carbocycles. The van der Waals surface area contributed by atoms with Crippen LogP contribution in [0.1, 0.15) is 25.8 Å². The predicted octanol–water partition coefficient (Wildman–Crippen LogP) is 3.07. The Morgan fingerprint density at radius 3 is 2.60 bits per heavy atom. The molecule has 0 N–H and O–H groups in total. The van der Waals surface area contributed by atoms with Gasteiger partial charge in [0.2, 0.25) is 0 Å². The minimum absolute atomic E-state index is 0.186. The van der Waals surface area contributed by atoms with Gasteiger partial charge in [-0.2, -0.15) is 0 Å². The molecule has 1 aliphatic heterocycles.